The maximum atomic E-state index is 5.49. The number of fused-ring (bicyclic) bond motifs is 2. The van der Waals surface area contributed by atoms with Gasteiger partial charge < -0.3 is 9.64 Å². The molecule has 0 fully saturated rings. The number of anilines is 1. The van der Waals surface area contributed by atoms with Gasteiger partial charge in [-0.25, -0.2) is 9.97 Å². The number of ether oxygens (including phenoxy) is 1. The molecule has 0 N–H and O–H groups in total. The fourth-order valence-corrected chi connectivity index (χ4v) is 3.37. The van der Waals surface area contributed by atoms with Crippen LogP contribution in [0.25, 0.3) is 10.8 Å². The molecule has 4 nitrogen and oxygen atoms in total. The molecule has 1 aliphatic rings. The molecular formula is C19H19N3O. The molecule has 0 radical (unpaired) electrons. The van der Waals surface area contributed by atoms with E-state index in [1.165, 1.54) is 22.0 Å². The number of hydrogen-bond acceptors (Lipinski definition) is 4. The van der Waals surface area contributed by atoms with Crippen LogP contribution in [-0.2, 0) is 13.0 Å². The number of aryl methyl sites for hydroxylation is 1. The van der Waals surface area contributed by atoms with Crippen molar-refractivity contribution in [2.45, 2.75) is 19.9 Å². The summed E-state index contributed by atoms with van der Waals surface area (Å²) in [6.07, 6.45) is 2.65. The molecule has 0 unspecified atom stereocenters. The third-order valence-electron chi connectivity index (χ3n) is 4.61. The Morgan fingerprint density at radius 2 is 2.00 bits per heavy atom. The van der Waals surface area contributed by atoms with E-state index in [0.29, 0.717) is 0 Å². The zero-order chi connectivity index (χ0) is 15.8. The van der Waals surface area contributed by atoms with Gasteiger partial charge in [-0.05, 0) is 30.4 Å². The molecule has 0 atom stereocenters. The molecule has 2 aromatic carbocycles. The molecule has 2 heterocycles. The summed E-state index contributed by atoms with van der Waals surface area (Å²) in [5, 5.41) is 2.45. The van der Waals surface area contributed by atoms with E-state index < -0.39 is 0 Å². The molecule has 0 aliphatic carbocycles. The van der Waals surface area contributed by atoms with Gasteiger partial charge in [0.05, 0.1) is 19.3 Å². The molecule has 0 amide bonds. The Labute approximate surface area is 135 Å². The monoisotopic (exact) mass is 305 g/mol. The SMILES string of the molecule is COc1cc(N2CCc3c(C)ncnc3C2)c2ccccc2c1. The van der Waals surface area contributed by atoms with Gasteiger partial charge in [-0.1, -0.05) is 24.3 Å². The molecule has 4 rings (SSSR count). The van der Waals surface area contributed by atoms with E-state index in [2.05, 4.69) is 58.2 Å². The quantitative estimate of drug-likeness (QED) is 0.726. The topological polar surface area (TPSA) is 38.2 Å². The highest BCUT2D eigenvalue weighted by Crippen LogP contribution is 2.34. The van der Waals surface area contributed by atoms with Gasteiger partial charge in [0.2, 0.25) is 0 Å². The second-order valence-corrected chi connectivity index (χ2v) is 5.92. The molecule has 116 valence electrons. The highest BCUT2D eigenvalue weighted by molar-refractivity contribution is 5.95. The molecule has 0 spiro atoms. The van der Waals surface area contributed by atoms with Crippen LogP contribution in [0.1, 0.15) is 17.0 Å². The van der Waals surface area contributed by atoms with Crippen molar-refractivity contribution in [3.63, 3.8) is 0 Å². The Hall–Kier alpha value is -2.62. The lowest BCUT2D eigenvalue weighted by molar-refractivity contribution is 0.415. The van der Waals surface area contributed by atoms with E-state index in [9.17, 15) is 0 Å². The van der Waals surface area contributed by atoms with Crippen LogP contribution >= 0.6 is 0 Å². The van der Waals surface area contributed by atoms with Crippen molar-refractivity contribution >= 4 is 16.5 Å². The van der Waals surface area contributed by atoms with Crippen LogP contribution in [0.3, 0.4) is 0 Å². The maximum Gasteiger partial charge on any atom is 0.121 e. The smallest absolute Gasteiger partial charge is 0.121 e. The Morgan fingerprint density at radius 3 is 2.87 bits per heavy atom. The van der Waals surface area contributed by atoms with Crippen LogP contribution in [-0.4, -0.2) is 23.6 Å². The fourth-order valence-electron chi connectivity index (χ4n) is 3.37. The van der Waals surface area contributed by atoms with Gasteiger partial charge in [-0.2, -0.15) is 0 Å². The van der Waals surface area contributed by atoms with E-state index in [1.807, 2.05) is 0 Å². The zero-order valence-corrected chi connectivity index (χ0v) is 13.4. The zero-order valence-electron chi connectivity index (χ0n) is 13.4. The summed E-state index contributed by atoms with van der Waals surface area (Å²) in [7, 11) is 1.72. The molecule has 0 saturated carbocycles. The highest BCUT2D eigenvalue weighted by atomic mass is 16.5. The van der Waals surface area contributed by atoms with Crippen molar-refractivity contribution in [2.24, 2.45) is 0 Å². The minimum absolute atomic E-state index is 0.815. The van der Waals surface area contributed by atoms with Crippen LogP contribution in [0.2, 0.25) is 0 Å². The second-order valence-electron chi connectivity index (χ2n) is 5.92. The van der Waals surface area contributed by atoms with Gasteiger partial charge in [0.25, 0.3) is 0 Å². The van der Waals surface area contributed by atoms with E-state index in [1.54, 1.807) is 13.4 Å². The lowest BCUT2D eigenvalue weighted by Gasteiger charge is -2.31. The number of rotatable bonds is 2. The molecule has 1 aliphatic heterocycles. The van der Waals surface area contributed by atoms with Gasteiger partial charge in [0.1, 0.15) is 12.1 Å². The van der Waals surface area contributed by atoms with Crippen LogP contribution in [0.4, 0.5) is 5.69 Å². The van der Waals surface area contributed by atoms with E-state index in [0.717, 1.165) is 36.6 Å². The number of methoxy groups -OCH3 is 1. The summed E-state index contributed by atoms with van der Waals surface area (Å²) in [5.41, 5.74) is 4.75. The first kappa shape index (κ1) is 14.0. The normalized spacial score (nSPS) is 13.9. The van der Waals surface area contributed by atoms with Crippen molar-refractivity contribution in [2.75, 3.05) is 18.6 Å². The van der Waals surface area contributed by atoms with Crippen molar-refractivity contribution in [3.05, 3.63) is 59.7 Å². The van der Waals surface area contributed by atoms with Crippen molar-refractivity contribution < 1.29 is 4.74 Å². The van der Waals surface area contributed by atoms with E-state index in [4.69, 9.17) is 4.74 Å². The first-order chi connectivity index (χ1) is 11.3. The summed E-state index contributed by atoms with van der Waals surface area (Å²) in [5.74, 6) is 0.892. The van der Waals surface area contributed by atoms with Crippen LogP contribution in [0.5, 0.6) is 5.75 Å². The Kier molecular flexibility index (Phi) is 3.37. The lowest BCUT2D eigenvalue weighted by atomic mass is 10.0. The van der Waals surface area contributed by atoms with Crippen LogP contribution in [0.15, 0.2) is 42.7 Å². The van der Waals surface area contributed by atoms with E-state index in [-0.39, 0.29) is 0 Å². The third kappa shape index (κ3) is 2.40. The molecule has 0 bridgehead atoms. The van der Waals surface area contributed by atoms with Crippen molar-refractivity contribution in [1.82, 2.24) is 9.97 Å². The standard InChI is InChI=1S/C19H19N3O/c1-13-16-7-8-22(11-18(16)21-12-20-13)19-10-15(23-2)9-14-5-3-4-6-17(14)19/h3-6,9-10,12H,7-8,11H2,1-2H3. The highest BCUT2D eigenvalue weighted by Gasteiger charge is 2.21. The average Bonchev–Trinajstić information content (AvgIpc) is 2.60. The molecule has 23 heavy (non-hydrogen) atoms. The summed E-state index contributed by atoms with van der Waals surface area (Å²) >= 11 is 0. The second kappa shape index (κ2) is 5.54. The van der Waals surface area contributed by atoms with Crippen molar-refractivity contribution in [1.29, 1.82) is 0 Å². The van der Waals surface area contributed by atoms with Gasteiger partial charge in [-0.15, -0.1) is 0 Å². The van der Waals surface area contributed by atoms with Gasteiger partial charge in [0, 0.05) is 29.4 Å². The van der Waals surface area contributed by atoms with Crippen LogP contribution < -0.4 is 9.64 Å². The Bertz CT molecular complexity index is 876. The molecular weight excluding hydrogens is 286 g/mol. The van der Waals surface area contributed by atoms with Gasteiger partial charge >= 0.3 is 0 Å². The van der Waals surface area contributed by atoms with E-state index >= 15 is 0 Å². The molecule has 1 aromatic heterocycles. The predicted octanol–water partition coefficient (Wildman–Crippen LogP) is 3.51. The minimum Gasteiger partial charge on any atom is -0.497 e. The summed E-state index contributed by atoms with van der Waals surface area (Å²) < 4.78 is 5.49. The number of hydrogen-bond donors (Lipinski definition) is 0. The first-order valence-corrected chi connectivity index (χ1v) is 7.87. The van der Waals surface area contributed by atoms with Gasteiger partial charge in [0.15, 0.2) is 0 Å². The largest absolute Gasteiger partial charge is 0.497 e. The van der Waals surface area contributed by atoms with Gasteiger partial charge in [-0.3, -0.25) is 0 Å². The summed E-state index contributed by atoms with van der Waals surface area (Å²) in [4.78, 5) is 11.2. The number of nitrogens with zero attached hydrogens (tertiary/aromatic N) is 3. The predicted molar refractivity (Wildman–Crippen MR) is 92.0 cm³/mol. The minimum atomic E-state index is 0.815. The Balaban J connectivity index is 1.81. The average molecular weight is 305 g/mol. The molecule has 0 saturated heterocycles. The summed E-state index contributed by atoms with van der Waals surface area (Å²) in [6, 6.07) is 12.7. The lowest BCUT2D eigenvalue weighted by Crippen LogP contribution is -2.32. The maximum absolute atomic E-state index is 5.49. The van der Waals surface area contributed by atoms with Crippen molar-refractivity contribution in [3.8, 4) is 5.75 Å². The molecule has 4 heteroatoms. The molecule has 3 aromatic rings. The number of aromatic nitrogens is 2. The number of benzene rings is 2. The third-order valence-corrected chi connectivity index (χ3v) is 4.61. The summed E-state index contributed by atoms with van der Waals surface area (Å²) in [6.45, 7) is 3.85. The Morgan fingerprint density at radius 1 is 1.13 bits per heavy atom. The van der Waals surface area contributed by atoms with Crippen LogP contribution in [0, 0.1) is 6.92 Å². The fraction of sp³-hybridized carbons (Fsp3) is 0.263. The first-order valence-electron chi connectivity index (χ1n) is 7.87.